The van der Waals surface area contributed by atoms with Crippen LogP contribution in [0.2, 0.25) is 0 Å². The normalized spacial score (nSPS) is 9.88. The zero-order valence-electron chi connectivity index (χ0n) is 13.2. The molecule has 2 aromatic rings. The van der Waals surface area contributed by atoms with Crippen molar-refractivity contribution in [3.8, 4) is 0 Å². The van der Waals surface area contributed by atoms with Crippen LogP contribution in [0.3, 0.4) is 0 Å². The van der Waals surface area contributed by atoms with Gasteiger partial charge in [-0.1, -0.05) is 30.3 Å². The maximum Gasteiger partial charge on any atom is 0.344 e. The van der Waals surface area contributed by atoms with Crippen molar-refractivity contribution in [2.75, 3.05) is 18.5 Å². The molecule has 2 rings (SSSR count). The average Bonchev–Trinajstić information content (AvgIpc) is 2.61. The van der Waals surface area contributed by atoms with E-state index < -0.39 is 18.5 Å². The third-order valence-electron chi connectivity index (χ3n) is 3.06. The predicted molar refractivity (Wildman–Crippen MR) is 87.8 cm³/mol. The molecule has 0 radical (unpaired) electrons. The van der Waals surface area contributed by atoms with Crippen LogP contribution >= 0.6 is 0 Å². The number of para-hydroxylation sites is 1. The van der Waals surface area contributed by atoms with E-state index in [1.165, 1.54) is 6.07 Å². The molecular weight excluding hydrogens is 310 g/mol. The number of hydrogen-bond acceptors (Lipinski definition) is 5. The van der Waals surface area contributed by atoms with Crippen molar-refractivity contribution in [2.45, 2.75) is 6.92 Å². The highest BCUT2D eigenvalue weighted by Crippen LogP contribution is 2.17. The molecule has 1 amide bonds. The summed E-state index contributed by atoms with van der Waals surface area (Å²) in [6, 6.07) is 15.0. The summed E-state index contributed by atoms with van der Waals surface area (Å²) in [5, 5.41) is 2.66. The summed E-state index contributed by atoms with van der Waals surface area (Å²) in [5.74, 6) is -1.69. The van der Waals surface area contributed by atoms with Gasteiger partial charge < -0.3 is 14.8 Å². The van der Waals surface area contributed by atoms with Crippen molar-refractivity contribution in [1.29, 1.82) is 0 Å². The number of rotatable bonds is 6. The molecule has 1 N–H and O–H groups in total. The molecular formula is C18H17NO5. The highest BCUT2D eigenvalue weighted by atomic mass is 16.6. The van der Waals surface area contributed by atoms with E-state index in [1.54, 1.807) is 55.5 Å². The monoisotopic (exact) mass is 327 g/mol. The van der Waals surface area contributed by atoms with Crippen molar-refractivity contribution in [1.82, 2.24) is 0 Å². The molecule has 24 heavy (non-hydrogen) atoms. The van der Waals surface area contributed by atoms with Crippen LogP contribution in [0.5, 0.6) is 0 Å². The molecule has 0 aliphatic carbocycles. The van der Waals surface area contributed by atoms with E-state index in [-0.39, 0.29) is 18.1 Å². The number of esters is 2. The zero-order chi connectivity index (χ0) is 17.4. The molecule has 0 atom stereocenters. The summed E-state index contributed by atoms with van der Waals surface area (Å²) in [4.78, 5) is 35.6. The molecule has 0 heterocycles. The summed E-state index contributed by atoms with van der Waals surface area (Å²) < 4.78 is 9.60. The van der Waals surface area contributed by atoms with E-state index in [0.717, 1.165) is 0 Å². The third-order valence-corrected chi connectivity index (χ3v) is 3.06. The SMILES string of the molecule is CCOC(=O)COC(=O)c1ccccc1NC(=O)c1ccccc1. The maximum absolute atomic E-state index is 12.2. The zero-order valence-corrected chi connectivity index (χ0v) is 13.2. The van der Waals surface area contributed by atoms with E-state index in [2.05, 4.69) is 5.32 Å². The van der Waals surface area contributed by atoms with Crippen molar-refractivity contribution in [3.63, 3.8) is 0 Å². The fourth-order valence-corrected chi connectivity index (χ4v) is 1.96. The molecule has 124 valence electrons. The number of benzene rings is 2. The van der Waals surface area contributed by atoms with Crippen LogP contribution in [0.1, 0.15) is 27.6 Å². The van der Waals surface area contributed by atoms with Crippen LogP contribution in [0.15, 0.2) is 54.6 Å². The van der Waals surface area contributed by atoms with Gasteiger partial charge in [-0.15, -0.1) is 0 Å². The lowest BCUT2D eigenvalue weighted by Gasteiger charge is -2.10. The van der Waals surface area contributed by atoms with Gasteiger partial charge in [0, 0.05) is 5.56 Å². The van der Waals surface area contributed by atoms with Gasteiger partial charge in [-0.05, 0) is 31.2 Å². The van der Waals surface area contributed by atoms with Crippen molar-refractivity contribution in [3.05, 3.63) is 65.7 Å². The number of carbonyl (C=O) groups is 3. The van der Waals surface area contributed by atoms with Crippen LogP contribution in [-0.2, 0) is 14.3 Å². The fraction of sp³-hybridized carbons (Fsp3) is 0.167. The van der Waals surface area contributed by atoms with Gasteiger partial charge in [-0.3, -0.25) is 4.79 Å². The van der Waals surface area contributed by atoms with Gasteiger partial charge in [0.25, 0.3) is 5.91 Å². The van der Waals surface area contributed by atoms with E-state index in [0.29, 0.717) is 11.3 Å². The van der Waals surface area contributed by atoms with Crippen molar-refractivity contribution < 1.29 is 23.9 Å². The Balaban J connectivity index is 2.08. The number of hydrogen-bond donors (Lipinski definition) is 1. The van der Waals surface area contributed by atoms with Crippen LogP contribution in [0.4, 0.5) is 5.69 Å². The Morgan fingerprint density at radius 3 is 2.29 bits per heavy atom. The highest BCUT2D eigenvalue weighted by molar-refractivity contribution is 6.08. The lowest BCUT2D eigenvalue weighted by atomic mass is 10.1. The molecule has 6 heteroatoms. The molecule has 0 bridgehead atoms. The first kappa shape index (κ1) is 17.2. The Bertz CT molecular complexity index is 727. The molecule has 0 aromatic heterocycles. The molecule has 0 saturated carbocycles. The summed E-state index contributed by atoms with van der Waals surface area (Å²) in [6.45, 7) is 1.39. The second-order valence-electron chi connectivity index (χ2n) is 4.75. The minimum Gasteiger partial charge on any atom is -0.463 e. The number of carbonyl (C=O) groups excluding carboxylic acids is 3. The molecule has 6 nitrogen and oxygen atoms in total. The smallest absolute Gasteiger partial charge is 0.344 e. The highest BCUT2D eigenvalue weighted by Gasteiger charge is 2.16. The van der Waals surface area contributed by atoms with Gasteiger partial charge in [-0.25, -0.2) is 9.59 Å². The Morgan fingerprint density at radius 1 is 0.917 bits per heavy atom. The van der Waals surface area contributed by atoms with Gasteiger partial charge >= 0.3 is 11.9 Å². The predicted octanol–water partition coefficient (Wildman–Crippen LogP) is 2.66. The largest absolute Gasteiger partial charge is 0.463 e. The third kappa shape index (κ3) is 4.67. The van der Waals surface area contributed by atoms with Crippen LogP contribution in [0.25, 0.3) is 0 Å². The Hall–Kier alpha value is -3.15. The first-order chi connectivity index (χ1) is 11.6. The quantitative estimate of drug-likeness (QED) is 0.825. The molecule has 0 aliphatic rings. The molecule has 0 spiro atoms. The van der Waals surface area contributed by atoms with E-state index in [4.69, 9.17) is 9.47 Å². The minimum atomic E-state index is -0.716. The first-order valence-electron chi connectivity index (χ1n) is 7.40. The Labute approximate surface area is 139 Å². The molecule has 0 fully saturated rings. The fourth-order valence-electron chi connectivity index (χ4n) is 1.96. The number of nitrogens with one attached hydrogen (secondary N) is 1. The first-order valence-corrected chi connectivity index (χ1v) is 7.40. The second-order valence-corrected chi connectivity index (χ2v) is 4.75. The lowest BCUT2D eigenvalue weighted by Crippen LogP contribution is -2.19. The van der Waals surface area contributed by atoms with E-state index in [1.807, 2.05) is 0 Å². The van der Waals surface area contributed by atoms with Crippen LogP contribution in [-0.4, -0.2) is 31.1 Å². The summed E-state index contributed by atoms with van der Waals surface area (Å²) in [5.41, 5.74) is 0.929. The van der Waals surface area contributed by atoms with Gasteiger partial charge in [-0.2, -0.15) is 0 Å². The molecule has 0 saturated heterocycles. The maximum atomic E-state index is 12.2. The lowest BCUT2D eigenvalue weighted by molar-refractivity contribution is -0.146. The number of anilines is 1. The Kier molecular flexibility index (Phi) is 6.08. The Morgan fingerprint density at radius 2 is 1.58 bits per heavy atom. The van der Waals surface area contributed by atoms with E-state index in [9.17, 15) is 14.4 Å². The second kappa shape index (κ2) is 8.47. The van der Waals surface area contributed by atoms with Crippen LogP contribution < -0.4 is 5.32 Å². The standard InChI is InChI=1S/C18H17NO5/c1-2-23-16(20)12-24-18(22)14-10-6-7-11-15(14)19-17(21)13-8-4-3-5-9-13/h3-11H,2,12H2,1H3,(H,19,21). The van der Waals surface area contributed by atoms with E-state index >= 15 is 0 Å². The minimum absolute atomic E-state index is 0.158. The van der Waals surface area contributed by atoms with Crippen molar-refractivity contribution >= 4 is 23.5 Å². The summed E-state index contributed by atoms with van der Waals surface area (Å²) in [7, 11) is 0. The van der Waals surface area contributed by atoms with Gasteiger partial charge in [0.05, 0.1) is 17.9 Å². The average molecular weight is 327 g/mol. The van der Waals surface area contributed by atoms with Crippen molar-refractivity contribution in [2.24, 2.45) is 0 Å². The van der Waals surface area contributed by atoms with Gasteiger partial charge in [0.1, 0.15) is 0 Å². The number of ether oxygens (including phenoxy) is 2. The number of amides is 1. The molecule has 2 aromatic carbocycles. The van der Waals surface area contributed by atoms with Gasteiger partial charge in [0.2, 0.25) is 0 Å². The van der Waals surface area contributed by atoms with Gasteiger partial charge in [0.15, 0.2) is 6.61 Å². The molecule has 0 unspecified atom stereocenters. The topological polar surface area (TPSA) is 81.7 Å². The molecule has 0 aliphatic heterocycles. The van der Waals surface area contributed by atoms with Crippen LogP contribution in [0, 0.1) is 0 Å². The summed E-state index contributed by atoms with van der Waals surface area (Å²) >= 11 is 0. The summed E-state index contributed by atoms with van der Waals surface area (Å²) in [6.07, 6.45) is 0.